The molecule has 4 heteroatoms. The van der Waals surface area contributed by atoms with Crippen molar-refractivity contribution in [3.05, 3.63) is 246 Å². The first-order valence-corrected chi connectivity index (χ1v) is 23.5. The molecule has 3 heterocycles. The van der Waals surface area contributed by atoms with Crippen LogP contribution in [-0.4, -0.2) is 19.5 Å². The highest BCUT2D eigenvalue weighted by Crippen LogP contribution is 2.62. The van der Waals surface area contributed by atoms with Gasteiger partial charge in [0.1, 0.15) is 0 Å². The standard InChI is InChI=1S/C64H42N4/c1-3-19-57-39(2)42-29-17-34-56-60(42)68(57)58-35-16-15-32-54(58)64(56)53-31-14-13-28-51(53)59-49(30-18-33-55(59)64)47-26-11-12-27-50(47)63-66-61(40-20-5-4-6-21-40)65-62(67-63)41-36-37-48-45-24-8-7-22-43(45)44-23-9-10-25-46(44)52(48)38-41/h3-38H,1-2H3/b19-3-. The van der Waals surface area contributed by atoms with Gasteiger partial charge in [0.2, 0.25) is 0 Å². The molecule has 0 N–H and O–H groups in total. The van der Waals surface area contributed by atoms with Gasteiger partial charge in [-0.15, -0.1) is 0 Å². The molecule has 1 atom stereocenters. The van der Waals surface area contributed by atoms with Crippen molar-refractivity contribution in [2.45, 2.75) is 19.3 Å². The molecule has 4 nitrogen and oxygen atoms in total. The smallest absolute Gasteiger partial charge is 0.164 e. The molecular formula is C64H42N4. The average Bonchev–Trinajstić information content (AvgIpc) is 3.87. The molecule has 0 saturated carbocycles. The first-order valence-electron chi connectivity index (χ1n) is 23.5. The zero-order chi connectivity index (χ0) is 45.1. The summed E-state index contributed by atoms with van der Waals surface area (Å²) in [5, 5.41) is 8.59. The Labute approximate surface area is 394 Å². The number of hydrogen-bond acceptors (Lipinski definition) is 3. The fourth-order valence-electron chi connectivity index (χ4n) is 12.0. The summed E-state index contributed by atoms with van der Waals surface area (Å²) in [5.41, 5.74) is 17.1. The van der Waals surface area contributed by atoms with Crippen LogP contribution in [0.3, 0.4) is 0 Å². The van der Waals surface area contributed by atoms with Crippen molar-refractivity contribution in [1.82, 2.24) is 19.5 Å². The average molecular weight is 867 g/mol. The molecule has 318 valence electrons. The molecule has 0 bridgehead atoms. The maximum Gasteiger partial charge on any atom is 0.164 e. The number of rotatable bonds is 5. The molecular weight excluding hydrogens is 825 g/mol. The van der Waals surface area contributed by atoms with Crippen molar-refractivity contribution in [2.24, 2.45) is 0 Å². The number of allylic oxidation sites excluding steroid dienone is 1. The summed E-state index contributed by atoms with van der Waals surface area (Å²) >= 11 is 0. The molecule has 2 aromatic heterocycles. The largest absolute Gasteiger partial charge is 0.309 e. The number of fused-ring (bicyclic) bond motifs is 15. The lowest BCUT2D eigenvalue weighted by Gasteiger charge is -2.39. The van der Waals surface area contributed by atoms with E-state index in [4.69, 9.17) is 15.0 Å². The predicted molar refractivity (Wildman–Crippen MR) is 281 cm³/mol. The minimum absolute atomic E-state index is 0.562. The van der Waals surface area contributed by atoms with Gasteiger partial charge in [0, 0.05) is 27.8 Å². The van der Waals surface area contributed by atoms with E-state index in [9.17, 15) is 0 Å². The van der Waals surface area contributed by atoms with Crippen LogP contribution in [0, 0.1) is 6.92 Å². The Bertz CT molecular complexity index is 4090. The molecule has 68 heavy (non-hydrogen) atoms. The summed E-state index contributed by atoms with van der Waals surface area (Å²) in [6, 6.07) is 75.0. The van der Waals surface area contributed by atoms with Gasteiger partial charge < -0.3 is 4.57 Å². The van der Waals surface area contributed by atoms with Gasteiger partial charge in [-0.3, -0.25) is 0 Å². The van der Waals surface area contributed by atoms with E-state index in [1.54, 1.807) is 0 Å². The van der Waals surface area contributed by atoms with E-state index >= 15 is 0 Å². The van der Waals surface area contributed by atoms with Gasteiger partial charge in [-0.05, 0) is 114 Å². The molecule has 0 radical (unpaired) electrons. The van der Waals surface area contributed by atoms with Gasteiger partial charge in [0.15, 0.2) is 17.5 Å². The Morgan fingerprint density at radius 1 is 0.397 bits per heavy atom. The normalized spacial score (nSPS) is 14.6. The summed E-state index contributed by atoms with van der Waals surface area (Å²) in [6.07, 6.45) is 4.42. The molecule has 14 rings (SSSR count). The maximum absolute atomic E-state index is 5.43. The second-order valence-electron chi connectivity index (χ2n) is 18.2. The third-order valence-electron chi connectivity index (χ3n) is 14.8. The zero-order valence-electron chi connectivity index (χ0n) is 37.6. The van der Waals surface area contributed by atoms with Crippen molar-refractivity contribution in [3.63, 3.8) is 0 Å². The van der Waals surface area contributed by atoms with Crippen LogP contribution in [0.15, 0.2) is 212 Å². The summed E-state index contributed by atoms with van der Waals surface area (Å²) in [5.74, 6) is 1.89. The van der Waals surface area contributed by atoms with E-state index in [1.165, 1.54) is 93.5 Å². The summed E-state index contributed by atoms with van der Waals surface area (Å²) < 4.78 is 2.50. The molecule has 0 saturated heterocycles. The number of benzene rings is 10. The third-order valence-corrected chi connectivity index (χ3v) is 14.8. The summed E-state index contributed by atoms with van der Waals surface area (Å²) in [6.45, 7) is 4.38. The molecule has 2 aliphatic rings. The van der Waals surface area contributed by atoms with E-state index in [2.05, 4.69) is 219 Å². The number of aryl methyl sites for hydroxylation is 1. The van der Waals surface area contributed by atoms with Crippen LogP contribution in [0.5, 0.6) is 0 Å². The number of aromatic nitrogens is 4. The van der Waals surface area contributed by atoms with Crippen LogP contribution in [0.2, 0.25) is 0 Å². The lowest BCUT2D eigenvalue weighted by atomic mass is 9.65. The highest BCUT2D eigenvalue weighted by molar-refractivity contribution is 6.25. The van der Waals surface area contributed by atoms with Crippen LogP contribution in [0.1, 0.15) is 40.4 Å². The number of nitrogens with zero attached hydrogens (tertiary/aromatic N) is 4. The lowest BCUT2D eigenvalue weighted by Crippen LogP contribution is -2.33. The number of para-hydroxylation sites is 2. The van der Waals surface area contributed by atoms with Gasteiger partial charge in [-0.25, -0.2) is 15.0 Å². The van der Waals surface area contributed by atoms with Crippen molar-refractivity contribution in [3.8, 4) is 62.1 Å². The molecule has 10 aromatic carbocycles. The van der Waals surface area contributed by atoms with Crippen molar-refractivity contribution >= 4 is 49.3 Å². The van der Waals surface area contributed by atoms with Crippen molar-refractivity contribution in [1.29, 1.82) is 0 Å². The number of hydrogen-bond donors (Lipinski definition) is 0. The quantitative estimate of drug-likeness (QED) is 0.162. The Morgan fingerprint density at radius 3 is 1.68 bits per heavy atom. The second kappa shape index (κ2) is 14.6. The van der Waals surface area contributed by atoms with Crippen LogP contribution in [0.25, 0.3) is 111 Å². The van der Waals surface area contributed by atoms with E-state index in [0.717, 1.165) is 27.8 Å². The van der Waals surface area contributed by atoms with E-state index in [-0.39, 0.29) is 0 Å². The molecule has 1 aliphatic heterocycles. The molecule has 1 aliphatic carbocycles. The van der Waals surface area contributed by atoms with Gasteiger partial charge in [-0.1, -0.05) is 200 Å². The zero-order valence-corrected chi connectivity index (χ0v) is 37.6. The molecule has 12 aromatic rings. The highest BCUT2D eigenvalue weighted by atomic mass is 15.0. The Kier molecular flexibility index (Phi) is 8.29. The fourth-order valence-corrected chi connectivity index (χ4v) is 12.0. The first kappa shape index (κ1) is 38.5. The second-order valence-corrected chi connectivity index (χ2v) is 18.2. The summed E-state index contributed by atoms with van der Waals surface area (Å²) in [4.78, 5) is 16.0. The molecule has 1 spiro atoms. The first-order chi connectivity index (χ1) is 33.6. The summed E-state index contributed by atoms with van der Waals surface area (Å²) in [7, 11) is 0. The van der Waals surface area contributed by atoms with Gasteiger partial charge >= 0.3 is 0 Å². The molecule has 1 unspecified atom stereocenters. The SMILES string of the molecule is C/C=C\c1c(C)c2cccc3c2n1-c1ccccc1C31c2ccccc2-c2c(-c3ccccc3-c3nc(-c4ccccc4)nc(-c4ccc5c6ccccc6c6ccccc6c5c4)n3)cccc21. The highest BCUT2D eigenvalue weighted by Gasteiger charge is 2.51. The maximum atomic E-state index is 5.43. The fraction of sp³-hybridized carbons (Fsp3) is 0.0469. The van der Waals surface area contributed by atoms with E-state index < -0.39 is 5.41 Å². The molecule has 0 amide bonds. The molecule has 0 fully saturated rings. The monoisotopic (exact) mass is 866 g/mol. The predicted octanol–water partition coefficient (Wildman–Crippen LogP) is 16.0. The van der Waals surface area contributed by atoms with Gasteiger partial charge in [0.05, 0.1) is 16.6 Å². The minimum Gasteiger partial charge on any atom is -0.309 e. The Hall–Kier alpha value is -8.73. The van der Waals surface area contributed by atoms with Crippen LogP contribution in [0.4, 0.5) is 0 Å². The lowest BCUT2D eigenvalue weighted by molar-refractivity contribution is 0.744. The minimum atomic E-state index is -0.562. The van der Waals surface area contributed by atoms with Gasteiger partial charge in [-0.2, -0.15) is 0 Å². The van der Waals surface area contributed by atoms with Crippen molar-refractivity contribution in [2.75, 3.05) is 0 Å². The Balaban J connectivity index is 1.02. The van der Waals surface area contributed by atoms with Crippen molar-refractivity contribution < 1.29 is 0 Å². The van der Waals surface area contributed by atoms with E-state index in [0.29, 0.717) is 17.5 Å². The van der Waals surface area contributed by atoms with Crippen LogP contribution >= 0.6 is 0 Å². The van der Waals surface area contributed by atoms with E-state index in [1.807, 2.05) is 18.2 Å². The van der Waals surface area contributed by atoms with Crippen LogP contribution in [-0.2, 0) is 5.41 Å². The van der Waals surface area contributed by atoms with Crippen LogP contribution < -0.4 is 0 Å². The topological polar surface area (TPSA) is 43.6 Å². The van der Waals surface area contributed by atoms with Gasteiger partial charge in [0.25, 0.3) is 0 Å². The Morgan fingerprint density at radius 2 is 0.926 bits per heavy atom. The third kappa shape index (κ3) is 5.23.